The Morgan fingerprint density at radius 3 is 1.60 bits per heavy atom. The maximum Gasteiger partial charge on any atom is 0.135 e. The normalized spacial score (nSPS) is 13.7. The smallest absolute Gasteiger partial charge is 0.135 e. The number of fused-ring (bicyclic) bond motifs is 12. The number of para-hydroxylation sites is 1. The summed E-state index contributed by atoms with van der Waals surface area (Å²) in [6, 6.07) is 73.5. The Morgan fingerprint density at radius 2 is 0.945 bits per heavy atom. The van der Waals surface area contributed by atoms with Crippen LogP contribution >= 0.6 is 0 Å². The summed E-state index contributed by atoms with van der Waals surface area (Å²) in [6.07, 6.45) is 1.93. The van der Waals surface area contributed by atoms with Gasteiger partial charge in [0.15, 0.2) is 0 Å². The highest BCUT2D eigenvalue weighted by molar-refractivity contribution is 6.05. The monoisotopic (exact) mass is 702 g/mol. The third kappa shape index (κ3) is 4.86. The van der Waals surface area contributed by atoms with E-state index < -0.39 is 5.41 Å². The van der Waals surface area contributed by atoms with E-state index in [1.165, 1.54) is 83.3 Å². The van der Waals surface area contributed by atoms with Crippen LogP contribution in [0.2, 0.25) is 0 Å². The summed E-state index contributed by atoms with van der Waals surface area (Å²) in [5, 5.41) is 1.18. The van der Waals surface area contributed by atoms with E-state index >= 15 is 0 Å². The quantitative estimate of drug-likeness (QED) is 0.161. The van der Waals surface area contributed by atoms with E-state index in [2.05, 4.69) is 200 Å². The van der Waals surface area contributed by atoms with Crippen molar-refractivity contribution in [2.75, 3.05) is 0 Å². The molecule has 0 N–H and O–H groups in total. The SMILES string of the molecule is c1ccc(-c2ccc(CCC(c3ccc(-c4ccccc4)cc3)c3cccc4c3-c3c(oc5ccccc35)C43c4ccccc4-c4ccccc43)cc2)cc1. The number of furan rings is 1. The Hall–Kier alpha value is -6.70. The van der Waals surface area contributed by atoms with Gasteiger partial charge in [-0.2, -0.15) is 0 Å². The number of hydrogen-bond acceptors (Lipinski definition) is 1. The molecule has 1 unspecified atom stereocenters. The van der Waals surface area contributed by atoms with Crippen LogP contribution in [0.5, 0.6) is 0 Å². The number of rotatable bonds is 7. The Kier molecular flexibility index (Phi) is 7.35. The highest BCUT2D eigenvalue weighted by atomic mass is 16.3. The molecular weight excluding hydrogens is 665 g/mol. The van der Waals surface area contributed by atoms with Gasteiger partial charge in [-0.15, -0.1) is 0 Å². The molecular formula is C54H38O. The molecule has 1 aromatic heterocycles. The molecule has 2 aliphatic carbocycles. The second kappa shape index (κ2) is 12.7. The minimum atomic E-state index is -0.540. The molecule has 0 radical (unpaired) electrons. The molecule has 11 rings (SSSR count). The molecule has 0 bridgehead atoms. The second-order valence-corrected chi connectivity index (χ2v) is 15.1. The molecule has 8 aromatic carbocycles. The summed E-state index contributed by atoms with van der Waals surface area (Å²) in [5.74, 6) is 1.19. The van der Waals surface area contributed by atoms with E-state index in [0.29, 0.717) is 0 Å². The molecule has 0 saturated carbocycles. The molecule has 2 aliphatic rings. The minimum Gasteiger partial charge on any atom is -0.459 e. The topological polar surface area (TPSA) is 13.1 Å². The van der Waals surface area contributed by atoms with Gasteiger partial charge in [0.05, 0.1) is 0 Å². The lowest BCUT2D eigenvalue weighted by molar-refractivity contribution is 0.506. The second-order valence-electron chi connectivity index (χ2n) is 15.1. The molecule has 260 valence electrons. The van der Waals surface area contributed by atoms with Gasteiger partial charge in [-0.25, -0.2) is 0 Å². The molecule has 0 aliphatic heterocycles. The van der Waals surface area contributed by atoms with Crippen LogP contribution in [0, 0.1) is 0 Å². The highest BCUT2D eigenvalue weighted by Crippen LogP contribution is 2.65. The lowest BCUT2D eigenvalue weighted by Gasteiger charge is -2.29. The predicted molar refractivity (Wildman–Crippen MR) is 226 cm³/mol. The lowest BCUT2D eigenvalue weighted by atomic mass is 9.72. The molecule has 0 fully saturated rings. The van der Waals surface area contributed by atoms with Crippen LogP contribution in [0.15, 0.2) is 205 Å². The van der Waals surface area contributed by atoms with Gasteiger partial charge < -0.3 is 4.42 Å². The van der Waals surface area contributed by atoms with Crippen molar-refractivity contribution in [3.05, 3.63) is 239 Å². The molecule has 55 heavy (non-hydrogen) atoms. The van der Waals surface area contributed by atoms with Crippen molar-refractivity contribution in [2.24, 2.45) is 0 Å². The Balaban J connectivity index is 1.11. The molecule has 0 saturated heterocycles. The molecule has 1 nitrogen and oxygen atoms in total. The van der Waals surface area contributed by atoms with Gasteiger partial charge in [0.2, 0.25) is 0 Å². The van der Waals surface area contributed by atoms with E-state index in [1.54, 1.807) is 0 Å². The predicted octanol–water partition coefficient (Wildman–Crippen LogP) is 13.9. The summed E-state index contributed by atoms with van der Waals surface area (Å²) in [6.45, 7) is 0. The van der Waals surface area contributed by atoms with Crippen LogP contribution in [0.25, 0.3) is 55.5 Å². The van der Waals surface area contributed by atoms with Crippen LogP contribution < -0.4 is 0 Å². The third-order valence-corrected chi connectivity index (χ3v) is 12.2. The van der Waals surface area contributed by atoms with E-state index in [1.807, 2.05) is 0 Å². The van der Waals surface area contributed by atoms with Crippen molar-refractivity contribution in [1.82, 2.24) is 0 Å². The molecule has 1 heterocycles. The standard InChI is InChI=1S/C54H38O/c1-3-14-37(15-4-1)39-29-26-36(27-30-39)28-35-42(41-33-31-40(32-34-41)38-16-5-2-6-17-38)45-21-13-24-49-51(45)52-46-20-9-12-25-50(46)55-53(52)54(49)47-22-10-7-18-43(47)44-19-8-11-23-48(44)54/h1-27,29-34,42H,28,35H2. The van der Waals surface area contributed by atoms with Gasteiger partial charge in [0.25, 0.3) is 0 Å². The summed E-state index contributed by atoms with van der Waals surface area (Å²) in [7, 11) is 0. The fourth-order valence-electron chi connectivity index (χ4n) is 9.75. The maximum absolute atomic E-state index is 7.13. The van der Waals surface area contributed by atoms with E-state index in [-0.39, 0.29) is 5.92 Å². The number of hydrogen-bond donors (Lipinski definition) is 0. The Labute approximate surface area is 322 Å². The van der Waals surface area contributed by atoms with Gasteiger partial charge >= 0.3 is 0 Å². The molecule has 9 aromatic rings. The zero-order valence-electron chi connectivity index (χ0n) is 30.5. The lowest BCUT2D eigenvalue weighted by Crippen LogP contribution is -2.25. The van der Waals surface area contributed by atoms with Crippen molar-refractivity contribution in [3.63, 3.8) is 0 Å². The average Bonchev–Trinajstić information content (AvgIpc) is 3.89. The van der Waals surface area contributed by atoms with E-state index in [0.717, 1.165) is 24.2 Å². The third-order valence-electron chi connectivity index (χ3n) is 12.2. The fourth-order valence-corrected chi connectivity index (χ4v) is 9.75. The molecule has 1 heteroatoms. The molecule has 0 amide bonds. The van der Waals surface area contributed by atoms with Gasteiger partial charge in [-0.05, 0) is 91.2 Å². The summed E-state index contributed by atoms with van der Waals surface area (Å²) < 4.78 is 7.13. The van der Waals surface area contributed by atoms with Crippen LogP contribution in [0.1, 0.15) is 51.5 Å². The first kappa shape index (κ1) is 31.8. The van der Waals surface area contributed by atoms with Crippen LogP contribution in [-0.4, -0.2) is 0 Å². The van der Waals surface area contributed by atoms with Gasteiger partial charge in [0.1, 0.15) is 16.8 Å². The van der Waals surface area contributed by atoms with Crippen molar-refractivity contribution in [3.8, 4) is 44.5 Å². The number of aryl methyl sites for hydroxylation is 1. The highest BCUT2D eigenvalue weighted by Gasteiger charge is 2.55. The van der Waals surface area contributed by atoms with Crippen LogP contribution in [-0.2, 0) is 11.8 Å². The summed E-state index contributed by atoms with van der Waals surface area (Å²) in [5.41, 5.74) is 18.5. The van der Waals surface area contributed by atoms with Gasteiger partial charge in [-0.3, -0.25) is 0 Å². The van der Waals surface area contributed by atoms with Crippen molar-refractivity contribution in [2.45, 2.75) is 24.2 Å². The van der Waals surface area contributed by atoms with Crippen molar-refractivity contribution >= 4 is 11.0 Å². The van der Waals surface area contributed by atoms with Crippen LogP contribution in [0.3, 0.4) is 0 Å². The summed E-state index contributed by atoms with van der Waals surface area (Å²) in [4.78, 5) is 0. The first-order valence-electron chi connectivity index (χ1n) is 19.4. The Bertz CT molecular complexity index is 2800. The van der Waals surface area contributed by atoms with Crippen molar-refractivity contribution < 1.29 is 4.42 Å². The van der Waals surface area contributed by atoms with E-state index in [4.69, 9.17) is 4.42 Å². The van der Waals surface area contributed by atoms with E-state index in [9.17, 15) is 0 Å². The van der Waals surface area contributed by atoms with Crippen molar-refractivity contribution in [1.29, 1.82) is 0 Å². The molecule has 1 atom stereocenters. The first-order chi connectivity index (χ1) is 27.3. The average molecular weight is 703 g/mol. The number of benzene rings is 8. The largest absolute Gasteiger partial charge is 0.459 e. The molecule has 1 spiro atoms. The van der Waals surface area contributed by atoms with Gasteiger partial charge in [0, 0.05) is 16.9 Å². The summed E-state index contributed by atoms with van der Waals surface area (Å²) >= 11 is 0. The minimum absolute atomic E-state index is 0.150. The Morgan fingerprint density at radius 1 is 0.418 bits per heavy atom. The fraction of sp³-hybridized carbons (Fsp3) is 0.0741. The maximum atomic E-state index is 7.13. The zero-order chi connectivity index (χ0) is 36.3. The van der Waals surface area contributed by atoms with Gasteiger partial charge in [-0.1, -0.05) is 194 Å². The first-order valence-corrected chi connectivity index (χ1v) is 19.4. The zero-order valence-corrected chi connectivity index (χ0v) is 30.5. The van der Waals surface area contributed by atoms with Crippen LogP contribution in [0.4, 0.5) is 0 Å².